The molecule has 0 aliphatic heterocycles. The summed E-state index contributed by atoms with van der Waals surface area (Å²) in [4.78, 5) is 11.6. The molecule has 0 bridgehead atoms. The number of carboxylic acid groups (broad SMARTS) is 1. The number of aryl methyl sites for hydroxylation is 1. The summed E-state index contributed by atoms with van der Waals surface area (Å²) in [5.41, 5.74) is 3.13. The summed E-state index contributed by atoms with van der Waals surface area (Å²) in [6.07, 6.45) is 1.49. The van der Waals surface area contributed by atoms with Gasteiger partial charge in [-0.05, 0) is 35.6 Å². The number of halogens is 1. The number of hydrogen-bond acceptors (Lipinski definition) is 1. The van der Waals surface area contributed by atoms with Crippen molar-refractivity contribution in [2.75, 3.05) is 0 Å². The Labute approximate surface area is 127 Å². The van der Waals surface area contributed by atoms with E-state index in [4.69, 9.17) is 0 Å². The summed E-state index contributed by atoms with van der Waals surface area (Å²) in [5.74, 6) is -1.32. The predicted molar refractivity (Wildman–Crippen MR) is 84.0 cm³/mol. The predicted octanol–water partition coefficient (Wildman–Crippen LogP) is 4.42. The third-order valence-corrected chi connectivity index (χ3v) is 4.17. The molecular weight excluding hydrogens is 316 g/mol. The maximum absolute atomic E-state index is 11.6. The van der Waals surface area contributed by atoms with E-state index in [2.05, 4.69) is 35.0 Å². The van der Waals surface area contributed by atoms with Gasteiger partial charge >= 0.3 is 5.97 Å². The number of carbonyl (C=O) groups is 1. The van der Waals surface area contributed by atoms with Crippen molar-refractivity contribution >= 4 is 21.9 Å². The van der Waals surface area contributed by atoms with E-state index in [0.29, 0.717) is 6.42 Å². The smallest absolute Gasteiger partial charge is 0.311 e. The summed E-state index contributed by atoms with van der Waals surface area (Å²) in [6.45, 7) is 2.11. The molecule has 1 atom stereocenters. The highest BCUT2D eigenvalue weighted by Crippen LogP contribution is 2.28. The Balaban J connectivity index is 2.26. The van der Waals surface area contributed by atoms with Crippen LogP contribution in [0.2, 0.25) is 0 Å². The van der Waals surface area contributed by atoms with Crippen LogP contribution in [0.5, 0.6) is 0 Å². The Hall–Kier alpha value is -1.61. The number of carboxylic acids is 1. The van der Waals surface area contributed by atoms with Crippen LogP contribution >= 0.6 is 15.9 Å². The minimum Gasteiger partial charge on any atom is -0.481 e. The number of rotatable bonds is 5. The van der Waals surface area contributed by atoms with Gasteiger partial charge in [-0.3, -0.25) is 4.79 Å². The van der Waals surface area contributed by atoms with E-state index < -0.39 is 11.9 Å². The molecular formula is C17H17BrO2. The first-order valence-electron chi connectivity index (χ1n) is 6.67. The van der Waals surface area contributed by atoms with Crippen molar-refractivity contribution in [1.29, 1.82) is 0 Å². The van der Waals surface area contributed by atoms with Gasteiger partial charge in [0.1, 0.15) is 0 Å². The SMILES string of the molecule is CCc1ccc(CC(C(=O)O)c2ccccc2Br)cc1. The van der Waals surface area contributed by atoms with Crippen LogP contribution in [-0.4, -0.2) is 11.1 Å². The fraction of sp³-hybridized carbons (Fsp3) is 0.235. The van der Waals surface area contributed by atoms with Crippen LogP contribution in [0.1, 0.15) is 29.5 Å². The van der Waals surface area contributed by atoms with Gasteiger partial charge in [-0.15, -0.1) is 0 Å². The monoisotopic (exact) mass is 332 g/mol. The highest BCUT2D eigenvalue weighted by molar-refractivity contribution is 9.10. The zero-order chi connectivity index (χ0) is 14.5. The molecule has 1 unspecified atom stereocenters. The Kier molecular flexibility index (Phi) is 4.96. The molecule has 0 amide bonds. The summed E-state index contributed by atoms with van der Waals surface area (Å²) in [6, 6.07) is 15.7. The zero-order valence-corrected chi connectivity index (χ0v) is 12.9. The molecule has 20 heavy (non-hydrogen) atoms. The molecule has 3 heteroatoms. The number of aliphatic carboxylic acids is 1. The van der Waals surface area contributed by atoms with Crippen LogP contribution < -0.4 is 0 Å². The van der Waals surface area contributed by atoms with Gasteiger partial charge in [-0.1, -0.05) is 65.3 Å². The Bertz CT molecular complexity index is 590. The van der Waals surface area contributed by atoms with E-state index >= 15 is 0 Å². The molecule has 2 nitrogen and oxygen atoms in total. The average molecular weight is 333 g/mol. The Morgan fingerprint density at radius 1 is 1.10 bits per heavy atom. The fourth-order valence-corrected chi connectivity index (χ4v) is 2.80. The van der Waals surface area contributed by atoms with Crippen LogP contribution in [0.25, 0.3) is 0 Å². The van der Waals surface area contributed by atoms with Crippen LogP contribution in [0.3, 0.4) is 0 Å². The average Bonchev–Trinajstić information content (AvgIpc) is 2.46. The van der Waals surface area contributed by atoms with E-state index in [1.807, 2.05) is 36.4 Å². The van der Waals surface area contributed by atoms with Crippen LogP contribution in [0.4, 0.5) is 0 Å². The van der Waals surface area contributed by atoms with Crippen molar-refractivity contribution in [1.82, 2.24) is 0 Å². The fourth-order valence-electron chi connectivity index (χ4n) is 2.23. The molecule has 0 aromatic heterocycles. The highest BCUT2D eigenvalue weighted by atomic mass is 79.9. The zero-order valence-electron chi connectivity index (χ0n) is 11.3. The van der Waals surface area contributed by atoms with E-state index in [1.165, 1.54) is 5.56 Å². The van der Waals surface area contributed by atoms with Crippen molar-refractivity contribution in [2.45, 2.75) is 25.7 Å². The molecule has 0 saturated heterocycles. The van der Waals surface area contributed by atoms with Crippen molar-refractivity contribution in [3.63, 3.8) is 0 Å². The van der Waals surface area contributed by atoms with Crippen LogP contribution in [-0.2, 0) is 17.6 Å². The standard InChI is InChI=1S/C17H17BrO2/c1-2-12-7-9-13(10-8-12)11-15(17(19)20)14-5-3-4-6-16(14)18/h3-10,15H,2,11H2,1H3,(H,19,20). The minimum absolute atomic E-state index is 0.502. The quantitative estimate of drug-likeness (QED) is 0.879. The van der Waals surface area contributed by atoms with Gasteiger partial charge in [0, 0.05) is 4.47 Å². The van der Waals surface area contributed by atoms with Crippen molar-refractivity contribution in [3.8, 4) is 0 Å². The second kappa shape index (κ2) is 6.71. The summed E-state index contributed by atoms with van der Waals surface area (Å²) < 4.78 is 0.845. The lowest BCUT2D eigenvalue weighted by molar-refractivity contribution is -0.138. The lowest BCUT2D eigenvalue weighted by Gasteiger charge is -2.15. The normalized spacial score (nSPS) is 12.1. The summed E-state index contributed by atoms with van der Waals surface area (Å²) in [5, 5.41) is 9.49. The van der Waals surface area contributed by atoms with Crippen molar-refractivity contribution in [2.24, 2.45) is 0 Å². The van der Waals surface area contributed by atoms with Crippen molar-refractivity contribution in [3.05, 3.63) is 69.7 Å². The van der Waals surface area contributed by atoms with Gasteiger partial charge in [0.05, 0.1) is 5.92 Å². The maximum atomic E-state index is 11.6. The van der Waals surface area contributed by atoms with E-state index in [-0.39, 0.29) is 0 Å². The molecule has 0 fully saturated rings. The van der Waals surface area contributed by atoms with E-state index in [1.54, 1.807) is 0 Å². The van der Waals surface area contributed by atoms with Gasteiger partial charge in [-0.2, -0.15) is 0 Å². The third-order valence-electron chi connectivity index (χ3n) is 3.45. The number of hydrogen-bond donors (Lipinski definition) is 1. The molecule has 0 spiro atoms. The highest BCUT2D eigenvalue weighted by Gasteiger charge is 2.22. The van der Waals surface area contributed by atoms with Gasteiger partial charge in [0.15, 0.2) is 0 Å². The second-order valence-electron chi connectivity index (χ2n) is 4.79. The Morgan fingerprint density at radius 2 is 1.70 bits per heavy atom. The molecule has 1 N–H and O–H groups in total. The van der Waals surface area contributed by atoms with Gasteiger partial charge in [0.2, 0.25) is 0 Å². The van der Waals surface area contributed by atoms with Gasteiger partial charge in [0.25, 0.3) is 0 Å². The molecule has 0 aliphatic carbocycles. The van der Waals surface area contributed by atoms with Crippen LogP contribution in [0.15, 0.2) is 53.0 Å². The van der Waals surface area contributed by atoms with Gasteiger partial charge in [-0.25, -0.2) is 0 Å². The van der Waals surface area contributed by atoms with E-state index in [9.17, 15) is 9.90 Å². The third kappa shape index (κ3) is 3.48. The van der Waals surface area contributed by atoms with Crippen molar-refractivity contribution < 1.29 is 9.90 Å². The molecule has 104 valence electrons. The summed E-state index contributed by atoms with van der Waals surface area (Å²) in [7, 11) is 0. The molecule has 0 radical (unpaired) electrons. The first kappa shape index (κ1) is 14.8. The number of benzene rings is 2. The minimum atomic E-state index is -0.795. The maximum Gasteiger partial charge on any atom is 0.311 e. The molecule has 0 heterocycles. The second-order valence-corrected chi connectivity index (χ2v) is 5.64. The molecule has 2 aromatic rings. The van der Waals surface area contributed by atoms with Gasteiger partial charge < -0.3 is 5.11 Å². The topological polar surface area (TPSA) is 37.3 Å². The van der Waals surface area contributed by atoms with E-state index in [0.717, 1.165) is 22.0 Å². The molecule has 0 aliphatic rings. The van der Waals surface area contributed by atoms with Crippen LogP contribution in [0, 0.1) is 0 Å². The Morgan fingerprint density at radius 3 is 2.25 bits per heavy atom. The molecule has 0 saturated carbocycles. The summed E-state index contributed by atoms with van der Waals surface area (Å²) >= 11 is 3.44. The molecule has 2 aromatic carbocycles. The first-order valence-corrected chi connectivity index (χ1v) is 7.46. The molecule has 2 rings (SSSR count). The largest absolute Gasteiger partial charge is 0.481 e. The first-order chi connectivity index (χ1) is 9.61. The lowest BCUT2D eigenvalue weighted by Crippen LogP contribution is -2.15. The lowest BCUT2D eigenvalue weighted by atomic mass is 9.91.